The van der Waals surface area contributed by atoms with E-state index in [1.165, 1.54) is 0 Å². The molecule has 1 amide bonds. The summed E-state index contributed by atoms with van der Waals surface area (Å²) in [6.45, 7) is 4.28. The fourth-order valence-corrected chi connectivity index (χ4v) is 2.41. The Kier molecular flexibility index (Phi) is 4.64. The number of amides is 1. The van der Waals surface area contributed by atoms with Crippen LogP contribution in [0.5, 0.6) is 0 Å². The zero-order valence-corrected chi connectivity index (χ0v) is 10.7. The van der Waals surface area contributed by atoms with Gasteiger partial charge < -0.3 is 10.6 Å². The average Bonchev–Trinajstić information content (AvgIpc) is 2.31. The number of nitrogens with zero attached hydrogens (tertiary/aromatic N) is 2. The third-order valence-corrected chi connectivity index (χ3v) is 3.46. The van der Waals surface area contributed by atoms with Crippen LogP contribution >= 0.6 is 0 Å². The summed E-state index contributed by atoms with van der Waals surface area (Å²) < 4.78 is 35.7. The van der Waals surface area contributed by atoms with Crippen LogP contribution in [0.1, 0.15) is 0 Å². The normalized spacial score (nSPS) is 23.1. The molecular weight excluding hydrogens is 261 g/mol. The number of nitrogens with one attached hydrogen (secondary N) is 2. The molecule has 0 aliphatic carbocycles. The summed E-state index contributed by atoms with van der Waals surface area (Å²) >= 11 is 0. The minimum Gasteiger partial charge on any atom is -0.346 e. The molecule has 5 nitrogen and oxygen atoms in total. The molecular formula is C11H19F3N4O. The van der Waals surface area contributed by atoms with Gasteiger partial charge in [-0.2, -0.15) is 13.2 Å². The van der Waals surface area contributed by atoms with Crippen molar-refractivity contribution >= 4 is 5.91 Å². The quantitative estimate of drug-likeness (QED) is 0.712. The van der Waals surface area contributed by atoms with Gasteiger partial charge in [0.25, 0.3) is 0 Å². The Morgan fingerprint density at radius 3 is 2.47 bits per heavy atom. The Hall–Kier alpha value is -0.860. The van der Waals surface area contributed by atoms with Crippen molar-refractivity contribution in [2.75, 3.05) is 52.4 Å². The van der Waals surface area contributed by atoms with Crippen LogP contribution in [0, 0.1) is 0 Å². The molecule has 2 rings (SSSR count). The van der Waals surface area contributed by atoms with Crippen molar-refractivity contribution in [1.82, 2.24) is 20.4 Å². The number of hydrogen-bond donors (Lipinski definition) is 2. The summed E-state index contributed by atoms with van der Waals surface area (Å²) in [6, 6.07) is 0.442. The molecule has 2 saturated heterocycles. The Morgan fingerprint density at radius 1 is 1.26 bits per heavy atom. The lowest BCUT2D eigenvalue weighted by Gasteiger charge is -2.46. The van der Waals surface area contributed by atoms with Gasteiger partial charge in [0.15, 0.2) is 0 Å². The number of hydrogen-bond acceptors (Lipinski definition) is 4. The van der Waals surface area contributed by atoms with Crippen molar-refractivity contribution in [1.29, 1.82) is 0 Å². The zero-order valence-electron chi connectivity index (χ0n) is 10.7. The smallest absolute Gasteiger partial charge is 0.346 e. The van der Waals surface area contributed by atoms with Crippen molar-refractivity contribution in [2.24, 2.45) is 0 Å². The van der Waals surface area contributed by atoms with E-state index < -0.39 is 18.6 Å². The molecule has 0 spiro atoms. The van der Waals surface area contributed by atoms with Gasteiger partial charge in [-0.15, -0.1) is 0 Å². The van der Waals surface area contributed by atoms with Crippen molar-refractivity contribution in [2.45, 2.75) is 12.2 Å². The van der Waals surface area contributed by atoms with Gasteiger partial charge in [-0.25, -0.2) is 0 Å². The molecule has 0 bridgehead atoms. The summed E-state index contributed by atoms with van der Waals surface area (Å²) in [7, 11) is 0. The van der Waals surface area contributed by atoms with Gasteiger partial charge in [0.1, 0.15) is 6.54 Å². The first kappa shape index (κ1) is 14.5. The second-order valence-electron chi connectivity index (χ2n) is 5.03. The summed E-state index contributed by atoms with van der Waals surface area (Å²) in [5.41, 5.74) is 0. The van der Waals surface area contributed by atoms with E-state index in [-0.39, 0.29) is 6.54 Å². The topological polar surface area (TPSA) is 47.6 Å². The van der Waals surface area contributed by atoms with Gasteiger partial charge in [-0.3, -0.25) is 14.6 Å². The van der Waals surface area contributed by atoms with Crippen molar-refractivity contribution in [3.8, 4) is 0 Å². The predicted molar refractivity (Wildman–Crippen MR) is 63.7 cm³/mol. The van der Waals surface area contributed by atoms with E-state index >= 15 is 0 Å². The molecule has 0 unspecified atom stereocenters. The van der Waals surface area contributed by atoms with Gasteiger partial charge in [0.05, 0.1) is 6.54 Å². The van der Waals surface area contributed by atoms with Crippen LogP contribution in [0.3, 0.4) is 0 Å². The first-order valence-electron chi connectivity index (χ1n) is 6.44. The van der Waals surface area contributed by atoms with Crippen molar-refractivity contribution in [3.05, 3.63) is 0 Å². The molecule has 2 aliphatic heterocycles. The lowest BCUT2D eigenvalue weighted by Crippen LogP contribution is -2.63. The molecule has 8 heteroatoms. The molecule has 110 valence electrons. The minimum atomic E-state index is -4.34. The summed E-state index contributed by atoms with van der Waals surface area (Å²) in [6.07, 6.45) is -4.34. The van der Waals surface area contributed by atoms with E-state index in [1.54, 1.807) is 0 Å². The first-order valence-corrected chi connectivity index (χ1v) is 6.44. The molecule has 0 aromatic rings. The SMILES string of the molecule is O=C(CN1CC(N2CCNCC2)C1)NCC(F)(F)F. The Balaban J connectivity index is 1.60. The first-order chi connectivity index (χ1) is 8.94. The lowest BCUT2D eigenvalue weighted by atomic mass is 10.1. The number of piperazine rings is 1. The second kappa shape index (κ2) is 6.06. The van der Waals surface area contributed by atoms with Gasteiger partial charge in [-0.1, -0.05) is 0 Å². The van der Waals surface area contributed by atoms with Crippen molar-refractivity contribution < 1.29 is 18.0 Å². The largest absolute Gasteiger partial charge is 0.405 e. The van der Waals surface area contributed by atoms with Crippen LogP contribution in [-0.4, -0.2) is 80.3 Å². The lowest BCUT2D eigenvalue weighted by molar-refractivity contribution is -0.140. The number of carbonyl (C=O) groups excluding carboxylic acids is 1. The molecule has 2 aliphatic rings. The molecule has 2 heterocycles. The van der Waals surface area contributed by atoms with Crippen LogP contribution in [-0.2, 0) is 4.79 Å². The zero-order chi connectivity index (χ0) is 13.9. The van der Waals surface area contributed by atoms with E-state index in [9.17, 15) is 18.0 Å². The number of halogens is 3. The van der Waals surface area contributed by atoms with Crippen LogP contribution in [0.2, 0.25) is 0 Å². The third-order valence-electron chi connectivity index (χ3n) is 3.46. The molecule has 2 N–H and O–H groups in total. The van der Waals surface area contributed by atoms with E-state index in [4.69, 9.17) is 0 Å². The van der Waals surface area contributed by atoms with E-state index in [0.717, 1.165) is 39.3 Å². The number of likely N-dealkylation sites (tertiary alicyclic amines) is 1. The summed E-state index contributed by atoms with van der Waals surface area (Å²) in [4.78, 5) is 15.5. The molecule has 0 saturated carbocycles. The Labute approximate surface area is 110 Å². The maximum absolute atomic E-state index is 11.9. The number of alkyl halides is 3. The fraction of sp³-hybridized carbons (Fsp3) is 0.909. The molecule has 0 aromatic carbocycles. The molecule has 2 fully saturated rings. The Morgan fingerprint density at radius 2 is 1.89 bits per heavy atom. The highest BCUT2D eigenvalue weighted by atomic mass is 19.4. The minimum absolute atomic E-state index is 0.0542. The summed E-state index contributed by atoms with van der Waals surface area (Å²) in [5, 5.41) is 5.15. The van der Waals surface area contributed by atoms with Gasteiger partial charge in [0.2, 0.25) is 5.91 Å². The summed E-state index contributed by atoms with van der Waals surface area (Å²) in [5.74, 6) is -0.559. The average molecular weight is 280 g/mol. The van der Waals surface area contributed by atoms with Crippen LogP contribution in [0.15, 0.2) is 0 Å². The highest BCUT2D eigenvalue weighted by molar-refractivity contribution is 5.78. The van der Waals surface area contributed by atoms with Crippen LogP contribution in [0.25, 0.3) is 0 Å². The third kappa shape index (κ3) is 4.63. The van der Waals surface area contributed by atoms with Gasteiger partial charge >= 0.3 is 6.18 Å². The second-order valence-corrected chi connectivity index (χ2v) is 5.03. The Bertz CT molecular complexity index is 312. The maximum atomic E-state index is 11.9. The van der Waals surface area contributed by atoms with E-state index in [0.29, 0.717) is 6.04 Å². The fourth-order valence-electron chi connectivity index (χ4n) is 2.41. The standard InChI is InChI=1S/C11H19F3N4O/c12-11(13,14)8-16-10(19)7-17-5-9(6-17)18-3-1-15-2-4-18/h9,15H,1-8H2,(H,16,19). The highest BCUT2D eigenvalue weighted by Crippen LogP contribution is 2.15. The van der Waals surface area contributed by atoms with E-state index in [2.05, 4.69) is 10.2 Å². The monoisotopic (exact) mass is 280 g/mol. The van der Waals surface area contributed by atoms with Crippen LogP contribution in [0.4, 0.5) is 13.2 Å². The molecule has 0 aromatic heterocycles. The maximum Gasteiger partial charge on any atom is 0.405 e. The van der Waals surface area contributed by atoms with Crippen molar-refractivity contribution in [3.63, 3.8) is 0 Å². The molecule has 0 atom stereocenters. The highest BCUT2D eigenvalue weighted by Gasteiger charge is 2.34. The predicted octanol–water partition coefficient (Wildman–Crippen LogP) is -0.746. The van der Waals surface area contributed by atoms with E-state index in [1.807, 2.05) is 10.2 Å². The van der Waals surface area contributed by atoms with Crippen LogP contribution < -0.4 is 10.6 Å². The number of carbonyl (C=O) groups is 1. The number of rotatable bonds is 4. The molecule has 0 radical (unpaired) electrons. The van der Waals surface area contributed by atoms with Gasteiger partial charge in [0, 0.05) is 45.3 Å². The van der Waals surface area contributed by atoms with Gasteiger partial charge in [-0.05, 0) is 0 Å². The molecule has 19 heavy (non-hydrogen) atoms.